The lowest BCUT2D eigenvalue weighted by Gasteiger charge is -2.21. The Labute approximate surface area is 594 Å². The van der Waals surface area contributed by atoms with Crippen molar-refractivity contribution in [1.29, 1.82) is 0 Å². The molecule has 6 atom stereocenters. The zero-order chi connectivity index (χ0) is 71.4. The first-order chi connectivity index (χ1) is 46.9. The number of esters is 4. The van der Waals surface area contributed by atoms with Gasteiger partial charge in [0.2, 0.25) is 0 Å². The number of unbranched alkanes of at least 4 members (excludes halogenated alkanes) is 46. The second kappa shape index (κ2) is 69.8. The Bertz CT molecular complexity index is 1870. The second-order valence-electron chi connectivity index (χ2n) is 28.8. The molecule has 0 aliphatic heterocycles. The molecule has 0 saturated heterocycles. The first-order valence-corrected chi connectivity index (χ1v) is 43.5. The molecule has 0 aromatic carbocycles. The monoisotopic (exact) mass is 1420 g/mol. The number of carbonyl (C=O) groups excluding carboxylic acids is 4. The summed E-state index contributed by atoms with van der Waals surface area (Å²) in [5.74, 6) is -0.526. The Morgan fingerprint density at radius 1 is 0.299 bits per heavy atom. The third-order valence-electron chi connectivity index (χ3n) is 18.6. The van der Waals surface area contributed by atoms with Crippen LogP contribution < -0.4 is 0 Å². The Balaban J connectivity index is 5.18. The van der Waals surface area contributed by atoms with Crippen LogP contribution in [0.5, 0.6) is 0 Å². The van der Waals surface area contributed by atoms with Crippen molar-refractivity contribution in [3.05, 3.63) is 0 Å². The van der Waals surface area contributed by atoms with Gasteiger partial charge in [-0.05, 0) is 37.5 Å². The molecule has 0 aliphatic carbocycles. The van der Waals surface area contributed by atoms with Gasteiger partial charge in [-0.3, -0.25) is 37.3 Å². The molecule has 0 radical (unpaired) electrons. The molecule has 0 aromatic rings. The molecule has 0 aliphatic rings. The molecule has 0 saturated carbocycles. The molecule has 0 heterocycles. The summed E-state index contributed by atoms with van der Waals surface area (Å²) >= 11 is 0. The van der Waals surface area contributed by atoms with Crippen LogP contribution in [0.15, 0.2) is 0 Å². The molecule has 3 unspecified atom stereocenters. The van der Waals surface area contributed by atoms with E-state index in [0.717, 1.165) is 102 Å². The van der Waals surface area contributed by atoms with E-state index in [2.05, 4.69) is 41.5 Å². The van der Waals surface area contributed by atoms with E-state index in [9.17, 15) is 43.2 Å². The van der Waals surface area contributed by atoms with Crippen molar-refractivity contribution >= 4 is 39.5 Å². The quantitative estimate of drug-likeness (QED) is 0.0222. The molecule has 0 rings (SSSR count). The third-order valence-corrected chi connectivity index (χ3v) is 20.5. The Kier molecular flexibility index (Phi) is 68.4. The molecule has 97 heavy (non-hydrogen) atoms. The van der Waals surface area contributed by atoms with E-state index in [4.69, 9.17) is 37.0 Å². The van der Waals surface area contributed by atoms with E-state index in [1.54, 1.807) is 0 Å². The van der Waals surface area contributed by atoms with Gasteiger partial charge in [-0.25, -0.2) is 9.13 Å². The highest BCUT2D eigenvalue weighted by molar-refractivity contribution is 7.47. The van der Waals surface area contributed by atoms with Gasteiger partial charge < -0.3 is 33.8 Å². The molecular formula is C78H152O17P2. The molecule has 0 bridgehead atoms. The molecule has 576 valence electrons. The van der Waals surface area contributed by atoms with Crippen molar-refractivity contribution in [1.82, 2.24) is 0 Å². The van der Waals surface area contributed by atoms with Crippen LogP contribution in [0, 0.1) is 11.8 Å². The standard InChI is InChI=1S/C78H152O17P2/c1-7-10-12-14-16-18-19-20-25-29-32-36-43-49-55-61-76(81)89-67-73(94-77(82)62-56-50-44-37-33-30-27-24-22-21-23-26-28-31-35-41-47-53-59-71(6)9-3)68-92-96(84,85)90-64-72(79)65-91-97(86,87)93-69-74(66-88-75(80)60-54-48-42-34-17-15-13-11-8-2)95-78(83)63-57-51-45-39-38-40-46-52-58-70(4)5/h70-74,79H,7-69H2,1-6H3,(H,84,85)(H,86,87)/t71?,72-,73-,74-/m1/s1. The summed E-state index contributed by atoms with van der Waals surface area (Å²) in [5.41, 5.74) is 0. The molecular weight excluding hydrogens is 1270 g/mol. The van der Waals surface area contributed by atoms with Gasteiger partial charge in [0.1, 0.15) is 19.3 Å². The van der Waals surface area contributed by atoms with Crippen molar-refractivity contribution < 1.29 is 80.2 Å². The minimum atomic E-state index is -4.96. The number of phosphoric acid groups is 2. The largest absolute Gasteiger partial charge is 0.472 e. The summed E-state index contributed by atoms with van der Waals surface area (Å²) in [6, 6.07) is 0. The molecule has 0 fully saturated rings. The molecule has 0 amide bonds. The smallest absolute Gasteiger partial charge is 0.462 e. The Morgan fingerprint density at radius 3 is 0.784 bits per heavy atom. The van der Waals surface area contributed by atoms with Gasteiger partial charge in [0.25, 0.3) is 0 Å². The maximum atomic E-state index is 13.1. The molecule has 17 nitrogen and oxygen atoms in total. The first-order valence-electron chi connectivity index (χ1n) is 40.5. The van der Waals surface area contributed by atoms with Crippen LogP contribution in [-0.2, 0) is 65.4 Å². The summed E-state index contributed by atoms with van der Waals surface area (Å²) in [6.07, 6.45) is 58.4. The number of hydrogen-bond acceptors (Lipinski definition) is 15. The van der Waals surface area contributed by atoms with Crippen molar-refractivity contribution in [3.8, 4) is 0 Å². The summed E-state index contributed by atoms with van der Waals surface area (Å²) in [6.45, 7) is 9.62. The maximum absolute atomic E-state index is 13.1. The maximum Gasteiger partial charge on any atom is 0.472 e. The van der Waals surface area contributed by atoms with Gasteiger partial charge >= 0.3 is 39.5 Å². The van der Waals surface area contributed by atoms with Gasteiger partial charge in [0.15, 0.2) is 12.2 Å². The number of aliphatic hydroxyl groups is 1. The van der Waals surface area contributed by atoms with E-state index in [0.29, 0.717) is 25.7 Å². The van der Waals surface area contributed by atoms with E-state index in [1.807, 2.05) is 0 Å². The summed E-state index contributed by atoms with van der Waals surface area (Å²) < 4.78 is 68.5. The first kappa shape index (κ1) is 95.1. The number of carbonyl (C=O) groups is 4. The highest BCUT2D eigenvalue weighted by Crippen LogP contribution is 2.45. The SMILES string of the molecule is CCCCCCCCCCCCCCCCCC(=O)OC[C@H](COP(=O)(O)OC[C@@H](O)COP(=O)(O)OC[C@@H](COC(=O)CCCCCCCCCCC)OC(=O)CCCCCCCCCCC(C)C)OC(=O)CCCCCCCCCCCCCCCCCCCCC(C)CC. The molecule has 19 heteroatoms. The number of rotatable bonds is 77. The van der Waals surface area contributed by atoms with Crippen LogP contribution in [0.3, 0.4) is 0 Å². The summed E-state index contributed by atoms with van der Waals surface area (Å²) in [7, 11) is -9.91. The zero-order valence-electron chi connectivity index (χ0n) is 63.4. The third kappa shape index (κ3) is 70.9. The van der Waals surface area contributed by atoms with E-state index < -0.39 is 97.5 Å². The fourth-order valence-electron chi connectivity index (χ4n) is 12.0. The number of aliphatic hydroxyl groups excluding tert-OH is 1. The van der Waals surface area contributed by atoms with Crippen LogP contribution in [0.25, 0.3) is 0 Å². The van der Waals surface area contributed by atoms with Gasteiger partial charge in [0, 0.05) is 25.7 Å². The topological polar surface area (TPSA) is 237 Å². The van der Waals surface area contributed by atoms with E-state index in [1.165, 1.54) is 225 Å². The van der Waals surface area contributed by atoms with Gasteiger partial charge in [0.05, 0.1) is 26.4 Å². The normalized spacial score (nSPS) is 14.2. The predicted molar refractivity (Wildman–Crippen MR) is 395 cm³/mol. The van der Waals surface area contributed by atoms with E-state index >= 15 is 0 Å². The van der Waals surface area contributed by atoms with Gasteiger partial charge in [-0.15, -0.1) is 0 Å². The van der Waals surface area contributed by atoms with Crippen molar-refractivity contribution in [2.24, 2.45) is 11.8 Å². The Hall–Kier alpha value is -1.94. The fourth-order valence-corrected chi connectivity index (χ4v) is 13.6. The van der Waals surface area contributed by atoms with Crippen LogP contribution >= 0.6 is 15.6 Å². The minimum Gasteiger partial charge on any atom is -0.462 e. The fraction of sp³-hybridized carbons (Fsp3) is 0.949. The van der Waals surface area contributed by atoms with Crippen LogP contribution in [0.2, 0.25) is 0 Å². The van der Waals surface area contributed by atoms with Gasteiger partial charge in [-0.2, -0.15) is 0 Å². The van der Waals surface area contributed by atoms with Crippen molar-refractivity contribution in [2.45, 2.75) is 426 Å². The molecule has 3 N–H and O–H groups in total. The van der Waals surface area contributed by atoms with Crippen molar-refractivity contribution in [2.75, 3.05) is 39.6 Å². The summed E-state index contributed by atoms with van der Waals surface area (Å²) in [4.78, 5) is 72.8. The average Bonchev–Trinajstić information content (AvgIpc) is 1.18. The van der Waals surface area contributed by atoms with Crippen molar-refractivity contribution in [3.63, 3.8) is 0 Å². The van der Waals surface area contributed by atoms with Gasteiger partial charge in [-0.1, -0.05) is 356 Å². The van der Waals surface area contributed by atoms with E-state index in [-0.39, 0.29) is 25.7 Å². The second-order valence-corrected chi connectivity index (χ2v) is 31.7. The summed E-state index contributed by atoms with van der Waals surface area (Å²) in [5, 5.41) is 10.6. The lowest BCUT2D eigenvalue weighted by Crippen LogP contribution is -2.30. The molecule has 0 spiro atoms. The lowest BCUT2D eigenvalue weighted by atomic mass is 9.99. The Morgan fingerprint density at radius 2 is 0.526 bits per heavy atom. The highest BCUT2D eigenvalue weighted by atomic mass is 31.2. The number of ether oxygens (including phenoxy) is 4. The number of phosphoric ester groups is 2. The number of hydrogen-bond donors (Lipinski definition) is 3. The average molecular weight is 1420 g/mol. The van der Waals surface area contributed by atoms with Crippen LogP contribution in [0.4, 0.5) is 0 Å². The lowest BCUT2D eigenvalue weighted by molar-refractivity contribution is -0.161. The zero-order valence-corrected chi connectivity index (χ0v) is 65.2. The minimum absolute atomic E-state index is 0.105. The van der Waals surface area contributed by atoms with Crippen LogP contribution in [-0.4, -0.2) is 96.7 Å². The predicted octanol–water partition coefficient (Wildman–Crippen LogP) is 23.1. The molecule has 0 aromatic heterocycles. The highest BCUT2D eigenvalue weighted by Gasteiger charge is 2.30. The van der Waals surface area contributed by atoms with Crippen LogP contribution in [0.1, 0.15) is 408 Å².